The van der Waals surface area contributed by atoms with Gasteiger partial charge in [0.1, 0.15) is 22.4 Å². The molecule has 1 unspecified atom stereocenters. The van der Waals surface area contributed by atoms with Crippen LogP contribution in [-0.2, 0) is 14.3 Å². The molecule has 0 radical (unpaired) electrons. The molecule has 0 aromatic heterocycles. The van der Waals surface area contributed by atoms with Gasteiger partial charge in [0.15, 0.2) is 0 Å². The SMILES string of the molecule is COC(=O)c1ccccc1NC(=O)C(Sc1cccc(NC(=O)/C(=C\c2ccc(O)cc2OC)NC(=O)c2ccccc2)c1)c1ccccc1. The number of amides is 3. The van der Waals surface area contributed by atoms with Crippen molar-refractivity contribution in [1.82, 2.24) is 5.32 Å². The van der Waals surface area contributed by atoms with Crippen LogP contribution in [0.5, 0.6) is 11.5 Å². The summed E-state index contributed by atoms with van der Waals surface area (Å²) in [5.74, 6) is -1.80. The summed E-state index contributed by atoms with van der Waals surface area (Å²) >= 11 is 1.25. The van der Waals surface area contributed by atoms with Crippen LogP contribution >= 0.6 is 11.8 Å². The van der Waals surface area contributed by atoms with Gasteiger partial charge in [-0.05, 0) is 66.2 Å². The number of carbonyl (C=O) groups is 4. The van der Waals surface area contributed by atoms with Crippen molar-refractivity contribution in [1.29, 1.82) is 0 Å². The highest BCUT2D eigenvalue weighted by atomic mass is 32.2. The fourth-order valence-corrected chi connectivity index (χ4v) is 5.96. The van der Waals surface area contributed by atoms with Crippen LogP contribution in [0.1, 0.15) is 37.1 Å². The lowest BCUT2D eigenvalue weighted by Crippen LogP contribution is -2.30. The van der Waals surface area contributed by atoms with Crippen LogP contribution in [0.3, 0.4) is 0 Å². The minimum absolute atomic E-state index is 0.0252. The Labute approximate surface area is 293 Å². The molecule has 50 heavy (non-hydrogen) atoms. The third-order valence-electron chi connectivity index (χ3n) is 7.32. The fraction of sp³-hybridized carbons (Fsp3) is 0.0769. The van der Waals surface area contributed by atoms with Gasteiger partial charge in [0.05, 0.1) is 25.5 Å². The molecule has 252 valence electrons. The second kappa shape index (κ2) is 16.7. The Hall–Kier alpha value is -6.33. The molecule has 0 saturated carbocycles. The van der Waals surface area contributed by atoms with E-state index in [1.165, 1.54) is 44.2 Å². The summed E-state index contributed by atoms with van der Waals surface area (Å²) in [6, 6.07) is 35.6. The molecule has 1 atom stereocenters. The number of ether oxygens (including phenoxy) is 2. The van der Waals surface area contributed by atoms with Gasteiger partial charge in [-0.15, -0.1) is 11.8 Å². The molecule has 0 saturated heterocycles. The smallest absolute Gasteiger partial charge is 0.339 e. The van der Waals surface area contributed by atoms with E-state index in [0.717, 1.165) is 5.56 Å². The lowest BCUT2D eigenvalue weighted by Gasteiger charge is -2.19. The number of para-hydroxylation sites is 1. The van der Waals surface area contributed by atoms with Crippen LogP contribution in [0.4, 0.5) is 11.4 Å². The maximum atomic E-state index is 13.8. The van der Waals surface area contributed by atoms with E-state index in [1.807, 2.05) is 30.3 Å². The highest BCUT2D eigenvalue weighted by Crippen LogP contribution is 2.37. The van der Waals surface area contributed by atoms with E-state index in [9.17, 15) is 24.3 Å². The first kappa shape index (κ1) is 35.0. The summed E-state index contributed by atoms with van der Waals surface area (Å²) in [5, 5.41) is 17.6. The Morgan fingerprint density at radius 3 is 2.18 bits per heavy atom. The van der Waals surface area contributed by atoms with Crippen LogP contribution < -0.4 is 20.7 Å². The van der Waals surface area contributed by atoms with Crippen LogP contribution in [0.2, 0.25) is 0 Å². The molecule has 0 fully saturated rings. The predicted molar refractivity (Wildman–Crippen MR) is 193 cm³/mol. The van der Waals surface area contributed by atoms with E-state index < -0.39 is 23.0 Å². The zero-order chi connectivity index (χ0) is 35.5. The monoisotopic (exact) mass is 687 g/mol. The number of benzene rings is 5. The van der Waals surface area contributed by atoms with Gasteiger partial charge in [-0.2, -0.15) is 0 Å². The number of phenols is 1. The van der Waals surface area contributed by atoms with Gasteiger partial charge in [-0.1, -0.05) is 66.7 Å². The number of rotatable bonds is 12. The van der Waals surface area contributed by atoms with Gasteiger partial charge in [0, 0.05) is 27.8 Å². The van der Waals surface area contributed by atoms with Crippen LogP contribution in [0, 0.1) is 0 Å². The first-order chi connectivity index (χ1) is 24.2. The molecule has 0 aliphatic carbocycles. The Balaban J connectivity index is 1.41. The molecule has 5 rings (SSSR count). The lowest BCUT2D eigenvalue weighted by molar-refractivity contribution is -0.116. The summed E-state index contributed by atoms with van der Waals surface area (Å²) in [7, 11) is 2.70. The van der Waals surface area contributed by atoms with Crippen molar-refractivity contribution in [2.24, 2.45) is 0 Å². The summed E-state index contributed by atoms with van der Waals surface area (Å²) in [6.07, 6.45) is 1.45. The maximum absolute atomic E-state index is 13.8. The number of hydrogen-bond acceptors (Lipinski definition) is 8. The average molecular weight is 688 g/mol. The molecular formula is C39H33N3O7S. The molecule has 0 bridgehead atoms. The lowest BCUT2D eigenvalue weighted by atomic mass is 10.1. The van der Waals surface area contributed by atoms with Gasteiger partial charge in [-0.3, -0.25) is 14.4 Å². The second-order valence-corrected chi connectivity index (χ2v) is 11.9. The van der Waals surface area contributed by atoms with Crippen LogP contribution in [-0.4, -0.2) is 43.0 Å². The van der Waals surface area contributed by atoms with E-state index in [-0.39, 0.29) is 22.9 Å². The van der Waals surface area contributed by atoms with Crippen molar-refractivity contribution >= 4 is 52.9 Å². The number of nitrogens with one attached hydrogen (secondary N) is 3. The molecule has 11 heteroatoms. The number of hydrogen-bond donors (Lipinski definition) is 4. The van der Waals surface area contributed by atoms with Crippen molar-refractivity contribution in [2.45, 2.75) is 10.1 Å². The average Bonchev–Trinajstić information content (AvgIpc) is 3.14. The number of thioether (sulfide) groups is 1. The summed E-state index contributed by atoms with van der Waals surface area (Å²) in [5.41, 5.74) is 2.37. The number of anilines is 2. The minimum Gasteiger partial charge on any atom is -0.508 e. The standard InChI is InChI=1S/C39H33N3O7S/c1-48-34-24-29(43)21-20-27(34)22-33(42-36(44)26-14-7-4-8-15-26)37(45)40-28-16-11-17-30(23-28)50-35(25-12-5-3-6-13-25)38(46)41-32-19-10-9-18-31(32)39(47)49-2/h3-24,35,43H,1-2H3,(H,40,45)(H,41,46)(H,42,44)/b33-22+. The normalized spacial score (nSPS) is 11.5. The van der Waals surface area contributed by atoms with Gasteiger partial charge < -0.3 is 30.5 Å². The van der Waals surface area contributed by atoms with E-state index >= 15 is 0 Å². The molecule has 0 aliphatic rings. The highest BCUT2D eigenvalue weighted by molar-refractivity contribution is 8.00. The molecule has 0 spiro atoms. The van der Waals surface area contributed by atoms with Crippen molar-refractivity contribution in [3.8, 4) is 11.5 Å². The number of esters is 1. The van der Waals surface area contributed by atoms with Crippen molar-refractivity contribution in [3.63, 3.8) is 0 Å². The van der Waals surface area contributed by atoms with Crippen LogP contribution in [0.25, 0.3) is 6.08 Å². The highest BCUT2D eigenvalue weighted by Gasteiger charge is 2.24. The summed E-state index contributed by atoms with van der Waals surface area (Å²) in [6.45, 7) is 0. The van der Waals surface area contributed by atoms with Gasteiger partial charge in [0.2, 0.25) is 5.91 Å². The Morgan fingerprint density at radius 1 is 0.760 bits per heavy atom. The zero-order valence-corrected chi connectivity index (χ0v) is 27.9. The molecule has 0 heterocycles. The van der Waals surface area contributed by atoms with E-state index in [1.54, 1.807) is 84.9 Å². The number of phenolic OH excluding ortho intramolecular Hbond substituents is 1. The Kier molecular flexibility index (Phi) is 11.7. The molecule has 10 nitrogen and oxygen atoms in total. The zero-order valence-electron chi connectivity index (χ0n) is 27.1. The minimum atomic E-state index is -0.740. The van der Waals surface area contributed by atoms with Crippen LogP contribution in [0.15, 0.2) is 138 Å². The molecule has 4 N–H and O–H groups in total. The number of methoxy groups -OCH3 is 2. The van der Waals surface area contributed by atoms with E-state index in [0.29, 0.717) is 33.1 Å². The van der Waals surface area contributed by atoms with Gasteiger partial charge in [0.25, 0.3) is 11.8 Å². The van der Waals surface area contributed by atoms with Crippen molar-refractivity contribution in [2.75, 3.05) is 24.9 Å². The fourth-order valence-electron chi connectivity index (χ4n) is 4.88. The molecule has 5 aromatic rings. The topological polar surface area (TPSA) is 143 Å². The van der Waals surface area contributed by atoms with Gasteiger partial charge >= 0.3 is 5.97 Å². The first-order valence-electron chi connectivity index (χ1n) is 15.3. The van der Waals surface area contributed by atoms with Crippen molar-refractivity contribution in [3.05, 3.63) is 155 Å². The van der Waals surface area contributed by atoms with Crippen molar-refractivity contribution < 1.29 is 33.8 Å². The third-order valence-corrected chi connectivity index (χ3v) is 8.57. The molecule has 3 amide bonds. The predicted octanol–water partition coefficient (Wildman–Crippen LogP) is 7.07. The third kappa shape index (κ3) is 8.97. The molecule has 5 aromatic carbocycles. The Bertz CT molecular complexity index is 2030. The molecule has 0 aliphatic heterocycles. The largest absolute Gasteiger partial charge is 0.508 e. The second-order valence-electron chi connectivity index (χ2n) is 10.7. The quantitative estimate of drug-likeness (QED) is 0.0620. The Morgan fingerprint density at radius 2 is 1.46 bits per heavy atom. The number of carbonyl (C=O) groups excluding carboxylic acids is 4. The maximum Gasteiger partial charge on any atom is 0.339 e. The van der Waals surface area contributed by atoms with E-state index in [4.69, 9.17) is 9.47 Å². The molecular weight excluding hydrogens is 655 g/mol. The van der Waals surface area contributed by atoms with Gasteiger partial charge in [-0.25, -0.2) is 4.79 Å². The summed E-state index contributed by atoms with van der Waals surface area (Å²) in [4.78, 5) is 53.6. The first-order valence-corrected chi connectivity index (χ1v) is 16.2. The number of aromatic hydroxyl groups is 1. The summed E-state index contributed by atoms with van der Waals surface area (Å²) < 4.78 is 10.3. The van der Waals surface area contributed by atoms with E-state index in [2.05, 4.69) is 16.0 Å².